The number of nitrogens with one attached hydrogen (secondary N) is 1. The lowest BCUT2D eigenvalue weighted by Gasteiger charge is -2.14. The van der Waals surface area contributed by atoms with E-state index in [1.165, 1.54) is 7.11 Å². The first-order chi connectivity index (χ1) is 13.9. The predicted molar refractivity (Wildman–Crippen MR) is 120 cm³/mol. The van der Waals surface area contributed by atoms with Crippen LogP contribution in [0.1, 0.15) is 63.4 Å². The van der Waals surface area contributed by atoms with Gasteiger partial charge in [0.1, 0.15) is 11.5 Å². The zero-order valence-electron chi connectivity index (χ0n) is 18.7. The molecule has 5 heteroatoms. The summed E-state index contributed by atoms with van der Waals surface area (Å²) in [5.74, 6) is 1.21. The number of fused-ring (bicyclic) bond motifs is 1. The third kappa shape index (κ3) is 4.25. The molecule has 0 unspecified atom stereocenters. The average Bonchev–Trinajstić information content (AvgIpc) is 3.27. The minimum Gasteiger partial charge on any atom is -0.465 e. The maximum Gasteiger partial charge on any atom is 0.337 e. The number of H-pyrrole nitrogens is 1. The number of furan rings is 1. The molecule has 0 fully saturated rings. The first-order valence-corrected chi connectivity index (χ1v) is 9.99. The van der Waals surface area contributed by atoms with Crippen LogP contribution in [0.2, 0.25) is 0 Å². The third-order valence-corrected chi connectivity index (χ3v) is 4.98. The summed E-state index contributed by atoms with van der Waals surface area (Å²) in [6.45, 7) is 11.9. The Bertz CT molecular complexity index is 1130. The van der Waals surface area contributed by atoms with Crippen molar-refractivity contribution in [1.82, 2.24) is 4.98 Å². The van der Waals surface area contributed by atoms with Crippen molar-refractivity contribution in [2.24, 2.45) is 5.41 Å². The van der Waals surface area contributed by atoms with Crippen LogP contribution in [0.25, 0.3) is 28.3 Å². The standard InChI is InChI=1S/C25H29NO4/c1-24(2,3)20(27)12-10-17-22(19-11-13-21(30-19)25(4,5)6)16-9-8-15(23(28)29-7)14-18(16)26-17/h8-14,26H,1-7H3/b12-10+. The van der Waals surface area contributed by atoms with Gasteiger partial charge in [-0.25, -0.2) is 4.79 Å². The zero-order valence-corrected chi connectivity index (χ0v) is 18.7. The van der Waals surface area contributed by atoms with Gasteiger partial charge in [0, 0.05) is 27.3 Å². The number of rotatable bonds is 4. The van der Waals surface area contributed by atoms with E-state index in [-0.39, 0.29) is 11.2 Å². The normalized spacial score (nSPS) is 12.6. The second-order valence-electron chi connectivity index (χ2n) is 9.53. The van der Waals surface area contributed by atoms with E-state index in [0.717, 1.165) is 27.9 Å². The number of carbonyl (C=O) groups is 2. The molecule has 0 saturated carbocycles. The minimum absolute atomic E-state index is 0.0252. The smallest absolute Gasteiger partial charge is 0.337 e. The first kappa shape index (κ1) is 21.6. The van der Waals surface area contributed by atoms with Crippen molar-refractivity contribution in [3.8, 4) is 11.3 Å². The zero-order chi connectivity index (χ0) is 22.3. The van der Waals surface area contributed by atoms with Gasteiger partial charge in [-0.15, -0.1) is 0 Å². The van der Waals surface area contributed by atoms with Crippen molar-refractivity contribution in [1.29, 1.82) is 0 Å². The van der Waals surface area contributed by atoms with Gasteiger partial charge in [0.25, 0.3) is 0 Å². The molecule has 3 rings (SSSR count). The van der Waals surface area contributed by atoms with Gasteiger partial charge in [-0.05, 0) is 36.4 Å². The summed E-state index contributed by atoms with van der Waals surface area (Å²) < 4.78 is 11.0. The van der Waals surface area contributed by atoms with E-state index >= 15 is 0 Å². The Morgan fingerprint density at radius 2 is 1.73 bits per heavy atom. The van der Waals surface area contributed by atoms with Crippen LogP contribution in [0.4, 0.5) is 0 Å². The van der Waals surface area contributed by atoms with Crippen LogP contribution >= 0.6 is 0 Å². The van der Waals surface area contributed by atoms with Gasteiger partial charge in [-0.1, -0.05) is 47.6 Å². The van der Waals surface area contributed by atoms with Crippen LogP contribution in [0.15, 0.2) is 40.8 Å². The number of carbonyl (C=O) groups excluding carboxylic acids is 2. The number of aromatic nitrogens is 1. The molecule has 0 radical (unpaired) electrons. The van der Waals surface area contributed by atoms with Gasteiger partial charge in [-0.3, -0.25) is 4.79 Å². The van der Waals surface area contributed by atoms with Crippen LogP contribution in [-0.4, -0.2) is 23.8 Å². The average molecular weight is 408 g/mol. The first-order valence-electron chi connectivity index (χ1n) is 9.99. The highest BCUT2D eigenvalue weighted by atomic mass is 16.5. The molecule has 30 heavy (non-hydrogen) atoms. The fraction of sp³-hybridized carbons (Fsp3) is 0.360. The van der Waals surface area contributed by atoms with Crippen molar-refractivity contribution in [3.05, 3.63) is 53.4 Å². The lowest BCUT2D eigenvalue weighted by molar-refractivity contribution is -0.121. The molecule has 1 aromatic carbocycles. The SMILES string of the molecule is COC(=O)c1ccc2c(-c3ccc(C(C)(C)C)o3)c(/C=C/C(=O)C(C)(C)C)[nH]c2c1. The minimum atomic E-state index is -0.467. The Hall–Kier alpha value is -3.08. The Kier molecular flexibility index (Phi) is 5.50. The number of hydrogen-bond acceptors (Lipinski definition) is 4. The van der Waals surface area contributed by atoms with E-state index in [1.54, 1.807) is 24.3 Å². The largest absolute Gasteiger partial charge is 0.465 e. The molecule has 5 nitrogen and oxygen atoms in total. The van der Waals surface area contributed by atoms with Crippen LogP contribution in [0.3, 0.4) is 0 Å². The Balaban J connectivity index is 2.19. The molecule has 0 spiro atoms. The highest BCUT2D eigenvalue weighted by molar-refractivity contribution is 6.04. The van der Waals surface area contributed by atoms with E-state index < -0.39 is 11.4 Å². The second-order valence-corrected chi connectivity index (χ2v) is 9.53. The number of aromatic amines is 1. The molecular formula is C25H29NO4. The Morgan fingerprint density at radius 1 is 1.03 bits per heavy atom. The molecule has 3 aromatic rings. The molecule has 0 bridgehead atoms. The van der Waals surface area contributed by atoms with Crippen LogP contribution in [0, 0.1) is 5.41 Å². The summed E-state index contributed by atoms with van der Waals surface area (Å²) in [4.78, 5) is 27.7. The fourth-order valence-electron chi connectivity index (χ4n) is 3.14. The number of ketones is 1. The topological polar surface area (TPSA) is 72.3 Å². The van der Waals surface area contributed by atoms with Crippen molar-refractivity contribution in [2.75, 3.05) is 7.11 Å². The number of hydrogen-bond donors (Lipinski definition) is 1. The fourth-order valence-corrected chi connectivity index (χ4v) is 3.14. The van der Waals surface area contributed by atoms with E-state index in [2.05, 4.69) is 25.8 Å². The quantitative estimate of drug-likeness (QED) is 0.416. The van der Waals surface area contributed by atoms with Crippen LogP contribution in [-0.2, 0) is 14.9 Å². The molecule has 0 saturated heterocycles. The van der Waals surface area contributed by atoms with Gasteiger partial charge < -0.3 is 14.1 Å². The molecular weight excluding hydrogens is 378 g/mol. The molecule has 0 aliphatic carbocycles. The van der Waals surface area contributed by atoms with Gasteiger partial charge in [0.15, 0.2) is 5.78 Å². The third-order valence-electron chi connectivity index (χ3n) is 4.98. The van der Waals surface area contributed by atoms with E-state index in [1.807, 2.05) is 39.0 Å². The lowest BCUT2D eigenvalue weighted by atomic mass is 9.90. The maximum atomic E-state index is 12.4. The summed E-state index contributed by atoms with van der Waals surface area (Å²) in [5.41, 5.74) is 2.23. The van der Waals surface area contributed by atoms with Gasteiger partial charge >= 0.3 is 5.97 Å². The number of methoxy groups -OCH3 is 1. The van der Waals surface area contributed by atoms with Gasteiger partial charge in [0.2, 0.25) is 0 Å². The van der Waals surface area contributed by atoms with Gasteiger partial charge in [-0.2, -0.15) is 0 Å². The molecule has 2 heterocycles. The summed E-state index contributed by atoms with van der Waals surface area (Å²) >= 11 is 0. The van der Waals surface area contributed by atoms with Crippen LogP contribution < -0.4 is 0 Å². The maximum absolute atomic E-state index is 12.4. The Morgan fingerprint density at radius 3 is 2.30 bits per heavy atom. The molecule has 2 aromatic heterocycles. The molecule has 0 aliphatic heterocycles. The predicted octanol–water partition coefficient (Wildman–Crippen LogP) is 6.14. The summed E-state index contributed by atoms with van der Waals surface area (Å²) in [7, 11) is 1.36. The highest BCUT2D eigenvalue weighted by Gasteiger charge is 2.23. The van der Waals surface area contributed by atoms with Crippen molar-refractivity contribution >= 4 is 28.7 Å². The summed E-state index contributed by atoms with van der Waals surface area (Å²) in [5, 5.41) is 0.903. The van der Waals surface area contributed by atoms with Crippen molar-refractivity contribution < 1.29 is 18.7 Å². The number of ether oxygens (including phenoxy) is 1. The highest BCUT2D eigenvalue weighted by Crippen LogP contribution is 2.37. The van der Waals surface area contributed by atoms with E-state index in [9.17, 15) is 9.59 Å². The van der Waals surface area contributed by atoms with E-state index in [4.69, 9.17) is 9.15 Å². The molecule has 1 N–H and O–H groups in total. The molecule has 0 amide bonds. The molecule has 158 valence electrons. The summed E-state index contributed by atoms with van der Waals surface area (Å²) in [6, 6.07) is 9.27. The van der Waals surface area contributed by atoms with Crippen molar-refractivity contribution in [3.63, 3.8) is 0 Å². The second kappa shape index (κ2) is 7.63. The number of allylic oxidation sites excluding steroid dienone is 1. The monoisotopic (exact) mass is 407 g/mol. The van der Waals surface area contributed by atoms with Crippen LogP contribution in [0.5, 0.6) is 0 Å². The Labute approximate surface area is 177 Å². The van der Waals surface area contributed by atoms with Gasteiger partial charge in [0.05, 0.1) is 18.4 Å². The van der Waals surface area contributed by atoms with E-state index in [0.29, 0.717) is 11.3 Å². The number of benzene rings is 1. The lowest BCUT2D eigenvalue weighted by Crippen LogP contribution is -2.17. The number of esters is 1. The molecule has 0 aliphatic rings. The molecule has 0 atom stereocenters. The summed E-state index contributed by atoms with van der Waals surface area (Å²) in [6.07, 6.45) is 3.36. The van der Waals surface area contributed by atoms with Crippen molar-refractivity contribution in [2.45, 2.75) is 47.0 Å².